The van der Waals surface area contributed by atoms with Crippen molar-refractivity contribution in [2.45, 2.75) is 62.6 Å². The maximum absolute atomic E-state index is 15.1. The van der Waals surface area contributed by atoms with Crippen LogP contribution in [0.3, 0.4) is 0 Å². The third kappa shape index (κ3) is 5.24. The molecule has 3 aliphatic heterocycles. The lowest BCUT2D eigenvalue weighted by molar-refractivity contribution is -0.165. The Morgan fingerprint density at radius 3 is 2.81 bits per heavy atom. The van der Waals surface area contributed by atoms with Gasteiger partial charge in [-0.15, -0.1) is 0 Å². The number of hydrogen-bond donors (Lipinski definition) is 3. The van der Waals surface area contributed by atoms with E-state index in [1.54, 1.807) is 12.1 Å². The summed E-state index contributed by atoms with van der Waals surface area (Å²) < 4.78 is 32.7. The van der Waals surface area contributed by atoms with E-state index in [2.05, 4.69) is 25.6 Å². The number of aryl methyl sites for hydroxylation is 1. The van der Waals surface area contributed by atoms with Crippen LogP contribution < -0.4 is 20.1 Å². The second-order valence-electron chi connectivity index (χ2n) is 11.9. The number of carboxylic acids is 1. The van der Waals surface area contributed by atoms with Gasteiger partial charge < -0.3 is 30.0 Å². The molecule has 12 heteroatoms. The van der Waals surface area contributed by atoms with Crippen molar-refractivity contribution in [1.82, 2.24) is 20.3 Å². The van der Waals surface area contributed by atoms with E-state index in [4.69, 9.17) is 19.3 Å². The number of carbonyl (C=O) groups excluding carboxylic acids is 1. The number of anilines is 1. The third-order valence-electron chi connectivity index (χ3n) is 9.21. The van der Waals surface area contributed by atoms with E-state index in [9.17, 15) is 9.59 Å². The number of rotatable bonds is 10. The van der Waals surface area contributed by atoms with Crippen molar-refractivity contribution in [2.24, 2.45) is 11.8 Å². The molecule has 0 aromatic carbocycles. The standard InChI is InChI=1S/C30H32FN5O6/c31-21-13-32-22-2-4-25(41-14-17-11-20(17)28(38)39)36-26(22)19(21)5-6-30-9-7-29(8-10-30,16-42-30)33-12-18-1-3-23-27(34-18)35-24(37)15-40-23/h1-4,13,17,20,33H,5-12,14-16H2,(H,38,39)(H,34,35,37)/t17-,20-,29?,30?/m0/s1. The van der Waals surface area contributed by atoms with Crippen molar-refractivity contribution in [2.75, 3.05) is 25.1 Å². The molecule has 4 fully saturated rings. The van der Waals surface area contributed by atoms with Gasteiger partial charge in [0.15, 0.2) is 18.2 Å². The maximum atomic E-state index is 15.1. The van der Waals surface area contributed by atoms with Gasteiger partial charge in [-0.05, 0) is 63.1 Å². The molecule has 42 heavy (non-hydrogen) atoms. The summed E-state index contributed by atoms with van der Waals surface area (Å²) in [6, 6.07) is 7.17. The minimum atomic E-state index is -0.804. The molecule has 3 aromatic heterocycles. The first-order chi connectivity index (χ1) is 20.3. The fourth-order valence-electron chi connectivity index (χ4n) is 6.37. The van der Waals surface area contributed by atoms with Crippen LogP contribution in [0.4, 0.5) is 10.2 Å². The molecule has 0 radical (unpaired) electrons. The molecule has 3 N–H and O–H groups in total. The minimum absolute atomic E-state index is 0.00137. The second kappa shape index (κ2) is 10.4. The SMILES string of the molecule is O=C1COc2ccc(CNC34CCC(CCc5c(F)cnc6ccc(OC[C@@H]7C[C@@H]7C(=O)O)nc56)(CC3)OC4)nc2N1. The Labute approximate surface area is 241 Å². The van der Waals surface area contributed by atoms with E-state index in [-0.39, 0.29) is 42.1 Å². The molecule has 6 heterocycles. The summed E-state index contributed by atoms with van der Waals surface area (Å²) in [7, 11) is 0. The van der Waals surface area contributed by atoms with Crippen LogP contribution >= 0.6 is 0 Å². The Hall–Kier alpha value is -3.90. The summed E-state index contributed by atoms with van der Waals surface area (Å²) in [5.41, 5.74) is 1.89. The van der Waals surface area contributed by atoms with Gasteiger partial charge in [0, 0.05) is 29.6 Å². The van der Waals surface area contributed by atoms with E-state index >= 15 is 4.39 Å². The van der Waals surface area contributed by atoms with E-state index in [1.807, 2.05) is 12.1 Å². The van der Waals surface area contributed by atoms with Gasteiger partial charge in [0.1, 0.15) is 5.82 Å². The van der Waals surface area contributed by atoms with Crippen LogP contribution in [0.15, 0.2) is 30.5 Å². The van der Waals surface area contributed by atoms with Gasteiger partial charge in [-0.3, -0.25) is 14.6 Å². The predicted octanol–water partition coefficient (Wildman–Crippen LogP) is 3.40. The summed E-state index contributed by atoms with van der Waals surface area (Å²) in [4.78, 5) is 36.0. The average Bonchev–Trinajstić information content (AvgIpc) is 3.80. The Balaban J connectivity index is 0.975. The molecule has 2 saturated carbocycles. The topological polar surface area (TPSA) is 145 Å². The molecule has 2 aliphatic carbocycles. The highest BCUT2D eigenvalue weighted by molar-refractivity contribution is 5.94. The molecular formula is C30H32FN5O6. The van der Waals surface area contributed by atoms with Crippen LogP contribution in [0.1, 0.15) is 49.8 Å². The van der Waals surface area contributed by atoms with Gasteiger partial charge in [0.05, 0.1) is 47.7 Å². The number of hydrogen-bond acceptors (Lipinski definition) is 9. The fourth-order valence-corrected chi connectivity index (χ4v) is 6.37. The molecule has 8 rings (SSSR count). The molecule has 3 aromatic rings. The van der Waals surface area contributed by atoms with Crippen molar-refractivity contribution >= 4 is 28.7 Å². The zero-order valence-corrected chi connectivity index (χ0v) is 23.0. The molecule has 2 atom stereocenters. The highest BCUT2D eigenvalue weighted by atomic mass is 19.1. The van der Waals surface area contributed by atoms with Crippen LogP contribution in [0.25, 0.3) is 11.0 Å². The fraction of sp³-hybridized carbons (Fsp3) is 0.500. The quantitative estimate of drug-likeness (QED) is 0.328. The molecular weight excluding hydrogens is 545 g/mol. The third-order valence-corrected chi connectivity index (χ3v) is 9.21. The highest BCUT2D eigenvalue weighted by Gasteiger charge is 2.49. The van der Waals surface area contributed by atoms with Crippen molar-refractivity contribution < 1.29 is 33.3 Å². The molecule has 2 saturated heterocycles. The molecule has 220 valence electrons. The molecule has 2 bridgehead atoms. The van der Waals surface area contributed by atoms with Crippen molar-refractivity contribution in [3.8, 4) is 11.6 Å². The smallest absolute Gasteiger partial charge is 0.306 e. The maximum Gasteiger partial charge on any atom is 0.306 e. The average molecular weight is 578 g/mol. The Morgan fingerprint density at radius 2 is 2.05 bits per heavy atom. The van der Waals surface area contributed by atoms with Crippen LogP contribution in [-0.2, 0) is 27.3 Å². The first kappa shape index (κ1) is 27.0. The number of amides is 1. The second-order valence-corrected chi connectivity index (χ2v) is 11.9. The summed E-state index contributed by atoms with van der Waals surface area (Å²) in [5.74, 6) is -0.437. The number of carboxylic acid groups (broad SMARTS) is 1. The number of carbonyl (C=O) groups is 2. The zero-order valence-electron chi connectivity index (χ0n) is 23.0. The lowest BCUT2D eigenvalue weighted by Gasteiger charge is -2.53. The van der Waals surface area contributed by atoms with E-state index in [1.165, 1.54) is 6.20 Å². The lowest BCUT2D eigenvalue weighted by atomic mass is 9.69. The number of halogens is 1. The zero-order chi connectivity index (χ0) is 28.9. The highest BCUT2D eigenvalue weighted by Crippen LogP contribution is 2.46. The van der Waals surface area contributed by atoms with Gasteiger partial charge in [0.2, 0.25) is 5.88 Å². The van der Waals surface area contributed by atoms with Crippen molar-refractivity contribution in [3.05, 3.63) is 47.5 Å². The van der Waals surface area contributed by atoms with Gasteiger partial charge in [-0.1, -0.05) is 0 Å². The number of fused-ring (bicyclic) bond motifs is 5. The number of nitrogens with zero attached hydrogens (tertiary/aromatic N) is 3. The number of aliphatic carboxylic acids is 1. The molecule has 0 spiro atoms. The molecule has 11 nitrogen and oxygen atoms in total. The number of aromatic nitrogens is 3. The first-order valence-corrected chi connectivity index (χ1v) is 14.4. The monoisotopic (exact) mass is 577 g/mol. The summed E-state index contributed by atoms with van der Waals surface area (Å²) in [6.45, 7) is 1.38. The van der Waals surface area contributed by atoms with Crippen LogP contribution in [-0.4, -0.2) is 62.9 Å². The molecule has 0 unspecified atom stereocenters. The summed E-state index contributed by atoms with van der Waals surface area (Å²) in [5, 5.41) is 15.5. The molecule has 1 amide bonds. The van der Waals surface area contributed by atoms with Gasteiger partial charge in [0.25, 0.3) is 5.91 Å². The van der Waals surface area contributed by atoms with Gasteiger partial charge >= 0.3 is 5.97 Å². The first-order valence-electron chi connectivity index (χ1n) is 14.4. The Morgan fingerprint density at radius 1 is 1.19 bits per heavy atom. The number of nitrogens with one attached hydrogen (secondary N) is 2. The summed E-state index contributed by atoms with van der Waals surface area (Å²) in [6.07, 6.45) is 6.56. The van der Waals surface area contributed by atoms with Crippen molar-refractivity contribution in [3.63, 3.8) is 0 Å². The van der Waals surface area contributed by atoms with Crippen LogP contribution in [0, 0.1) is 17.7 Å². The van der Waals surface area contributed by atoms with E-state index in [0.29, 0.717) is 66.5 Å². The predicted molar refractivity (Wildman–Crippen MR) is 148 cm³/mol. The van der Waals surface area contributed by atoms with Gasteiger partial charge in [-0.2, -0.15) is 0 Å². The minimum Gasteiger partial charge on any atom is -0.481 e. The normalized spacial score (nSPS) is 27.7. The lowest BCUT2D eigenvalue weighted by Crippen LogP contribution is -2.61. The van der Waals surface area contributed by atoms with Crippen molar-refractivity contribution in [1.29, 1.82) is 0 Å². The summed E-state index contributed by atoms with van der Waals surface area (Å²) >= 11 is 0. The Bertz CT molecular complexity index is 1540. The Kier molecular flexibility index (Phi) is 6.69. The largest absolute Gasteiger partial charge is 0.481 e. The van der Waals surface area contributed by atoms with Crippen LogP contribution in [0.2, 0.25) is 0 Å². The van der Waals surface area contributed by atoms with E-state index < -0.39 is 11.8 Å². The number of pyridine rings is 3. The number of ether oxygens (including phenoxy) is 3. The van der Waals surface area contributed by atoms with E-state index in [0.717, 1.165) is 31.4 Å². The van der Waals surface area contributed by atoms with Crippen LogP contribution in [0.5, 0.6) is 11.6 Å². The molecule has 5 aliphatic rings. The van der Waals surface area contributed by atoms with Gasteiger partial charge in [-0.25, -0.2) is 14.4 Å².